The van der Waals surface area contributed by atoms with Crippen molar-refractivity contribution >= 4 is 37.8 Å². The van der Waals surface area contributed by atoms with Crippen LogP contribution in [0.25, 0.3) is 0 Å². The van der Waals surface area contributed by atoms with Gasteiger partial charge >= 0.3 is 0 Å². The summed E-state index contributed by atoms with van der Waals surface area (Å²) in [5.74, 6) is 0.0274. The van der Waals surface area contributed by atoms with Crippen molar-refractivity contribution in [3.05, 3.63) is 32.7 Å². The van der Waals surface area contributed by atoms with Gasteiger partial charge in [0.25, 0.3) is 5.91 Å². The first-order valence-electron chi connectivity index (χ1n) is 6.26. The summed E-state index contributed by atoms with van der Waals surface area (Å²) in [5.41, 5.74) is 0.672. The average Bonchev–Trinajstić information content (AvgIpc) is 2.41. The molecule has 5 heteroatoms. The number of nitrogens with zero attached hydrogens (tertiary/aromatic N) is 1. The van der Waals surface area contributed by atoms with Crippen molar-refractivity contribution in [2.24, 2.45) is 0 Å². The maximum absolute atomic E-state index is 12.6. The van der Waals surface area contributed by atoms with E-state index in [1.807, 2.05) is 23.1 Å². The Morgan fingerprint density at radius 1 is 1.42 bits per heavy atom. The minimum Gasteiger partial charge on any atom is -0.383 e. The van der Waals surface area contributed by atoms with Crippen LogP contribution in [-0.4, -0.2) is 37.1 Å². The summed E-state index contributed by atoms with van der Waals surface area (Å²) in [5, 5.41) is 0. The van der Waals surface area contributed by atoms with Gasteiger partial charge in [0.15, 0.2) is 0 Å². The number of rotatable bonds is 6. The number of methoxy groups -OCH3 is 1. The second kappa shape index (κ2) is 8.02. The maximum Gasteiger partial charge on any atom is 0.255 e. The van der Waals surface area contributed by atoms with Crippen molar-refractivity contribution in [2.45, 2.75) is 26.3 Å². The number of hydrogen-bond acceptors (Lipinski definition) is 2. The number of hydrogen-bond donors (Lipinski definition) is 0. The van der Waals surface area contributed by atoms with E-state index in [9.17, 15) is 4.79 Å². The molecule has 0 fully saturated rings. The smallest absolute Gasteiger partial charge is 0.255 e. The SMILES string of the molecule is CCC(C)N(CCOC)C(=O)c1cc(Br)ccc1Br. The van der Waals surface area contributed by atoms with Gasteiger partial charge in [0.05, 0.1) is 12.2 Å². The van der Waals surface area contributed by atoms with Gasteiger partial charge in [-0.3, -0.25) is 4.79 Å². The van der Waals surface area contributed by atoms with E-state index in [1.165, 1.54) is 0 Å². The summed E-state index contributed by atoms with van der Waals surface area (Å²) >= 11 is 6.84. The molecule has 1 atom stereocenters. The van der Waals surface area contributed by atoms with Crippen LogP contribution in [0.5, 0.6) is 0 Å². The molecule has 0 spiro atoms. The minimum absolute atomic E-state index is 0.0274. The van der Waals surface area contributed by atoms with Crippen LogP contribution in [0.2, 0.25) is 0 Å². The van der Waals surface area contributed by atoms with Crippen LogP contribution < -0.4 is 0 Å². The average molecular weight is 393 g/mol. The molecule has 0 N–H and O–H groups in total. The number of ether oxygens (including phenoxy) is 1. The summed E-state index contributed by atoms with van der Waals surface area (Å²) in [6, 6.07) is 5.81. The molecule has 0 heterocycles. The Labute approximate surface area is 131 Å². The van der Waals surface area contributed by atoms with Gasteiger partial charge in [0.1, 0.15) is 0 Å². The highest BCUT2D eigenvalue weighted by atomic mass is 79.9. The number of amides is 1. The van der Waals surface area contributed by atoms with Crippen LogP contribution in [0.15, 0.2) is 27.1 Å². The highest BCUT2D eigenvalue weighted by molar-refractivity contribution is 9.11. The third kappa shape index (κ3) is 4.58. The number of carbonyl (C=O) groups excluding carboxylic acids is 1. The Bertz CT molecular complexity index is 437. The first-order chi connectivity index (χ1) is 9.01. The van der Waals surface area contributed by atoms with Gasteiger partial charge in [0.2, 0.25) is 0 Å². The van der Waals surface area contributed by atoms with Crippen molar-refractivity contribution in [1.29, 1.82) is 0 Å². The number of benzene rings is 1. The molecule has 0 aromatic heterocycles. The first-order valence-corrected chi connectivity index (χ1v) is 7.84. The predicted molar refractivity (Wildman–Crippen MR) is 84.5 cm³/mol. The van der Waals surface area contributed by atoms with E-state index in [1.54, 1.807) is 7.11 Å². The highest BCUT2D eigenvalue weighted by Crippen LogP contribution is 2.24. The van der Waals surface area contributed by atoms with Gasteiger partial charge in [-0.1, -0.05) is 22.9 Å². The summed E-state index contributed by atoms with van der Waals surface area (Å²) in [7, 11) is 1.65. The standard InChI is InChI=1S/C14H19Br2NO2/c1-4-10(2)17(7-8-19-3)14(18)12-9-11(15)5-6-13(12)16/h5-6,9-10H,4,7-8H2,1-3H3. The van der Waals surface area contributed by atoms with E-state index in [4.69, 9.17) is 4.74 Å². The van der Waals surface area contributed by atoms with E-state index < -0.39 is 0 Å². The third-order valence-corrected chi connectivity index (χ3v) is 4.26. The Kier molecular flexibility index (Phi) is 7.04. The molecule has 0 aliphatic rings. The molecular weight excluding hydrogens is 374 g/mol. The van der Waals surface area contributed by atoms with Gasteiger partial charge in [-0.15, -0.1) is 0 Å². The summed E-state index contributed by atoms with van der Waals surface area (Å²) in [6.45, 7) is 5.28. The van der Waals surface area contributed by atoms with E-state index in [-0.39, 0.29) is 11.9 Å². The molecule has 0 radical (unpaired) electrons. The molecule has 19 heavy (non-hydrogen) atoms. The Hall–Kier alpha value is -0.390. The fourth-order valence-electron chi connectivity index (χ4n) is 1.75. The Morgan fingerprint density at radius 3 is 2.68 bits per heavy atom. The van der Waals surface area contributed by atoms with Gasteiger partial charge in [-0.05, 0) is 47.5 Å². The fraction of sp³-hybridized carbons (Fsp3) is 0.500. The van der Waals surface area contributed by atoms with Crippen molar-refractivity contribution in [3.63, 3.8) is 0 Å². The molecule has 3 nitrogen and oxygen atoms in total. The summed E-state index contributed by atoms with van der Waals surface area (Å²) in [4.78, 5) is 14.5. The molecule has 106 valence electrons. The monoisotopic (exact) mass is 391 g/mol. The zero-order chi connectivity index (χ0) is 14.4. The van der Waals surface area contributed by atoms with E-state index in [0.717, 1.165) is 15.4 Å². The van der Waals surface area contributed by atoms with Crippen LogP contribution in [-0.2, 0) is 4.74 Å². The lowest BCUT2D eigenvalue weighted by Crippen LogP contribution is -2.40. The van der Waals surface area contributed by atoms with Crippen LogP contribution >= 0.6 is 31.9 Å². The summed E-state index contributed by atoms with van der Waals surface area (Å²) < 4.78 is 6.80. The molecule has 1 aromatic carbocycles. The lowest BCUT2D eigenvalue weighted by Gasteiger charge is -2.29. The fourth-order valence-corrected chi connectivity index (χ4v) is 2.53. The quantitative estimate of drug-likeness (QED) is 0.729. The van der Waals surface area contributed by atoms with Crippen molar-refractivity contribution in [2.75, 3.05) is 20.3 Å². The van der Waals surface area contributed by atoms with Gasteiger partial charge < -0.3 is 9.64 Å². The molecule has 1 aromatic rings. The molecule has 0 aliphatic carbocycles. The second-order valence-corrected chi connectivity index (χ2v) is 6.14. The van der Waals surface area contributed by atoms with Gasteiger partial charge in [-0.2, -0.15) is 0 Å². The lowest BCUT2D eigenvalue weighted by atomic mass is 10.1. The second-order valence-electron chi connectivity index (χ2n) is 4.37. The predicted octanol–water partition coefficient (Wildman–Crippen LogP) is 4.10. The van der Waals surface area contributed by atoms with Gasteiger partial charge in [-0.25, -0.2) is 0 Å². The molecule has 0 bridgehead atoms. The molecule has 0 saturated carbocycles. The third-order valence-electron chi connectivity index (χ3n) is 3.08. The largest absolute Gasteiger partial charge is 0.383 e. The zero-order valence-electron chi connectivity index (χ0n) is 11.5. The van der Waals surface area contributed by atoms with Crippen LogP contribution in [0.4, 0.5) is 0 Å². The highest BCUT2D eigenvalue weighted by Gasteiger charge is 2.22. The minimum atomic E-state index is 0.0274. The van der Waals surface area contributed by atoms with E-state index in [0.29, 0.717) is 18.7 Å². The van der Waals surface area contributed by atoms with Crippen molar-refractivity contribution in [1.82, 2.24) is 4.90 Å². The topological polar surface area (TPSA) is 29.5 Å². The normalized spacial score (nSPS) is 12.3. The number of halogens is 2. The van der Waals surface area contributed by atoms with E-state index in [2.05, 4.69) is 45.7 Å². The lowest BCUT2D eigenvalue weighted by molar-refractivity contribution is 0.0613. The van der Waals surface area contributed by atoms with Crippen LogP contribution in [0.3, 0.4) is 0 Å². The van der Waals surface area contributed by atoms with E-state index >= 15 is 0 Å². The summed E-state index contributed by atoms with van der Waals surface area (Å²) in [6.07, 6.45) is 0.918. The molecule has 1 unspecified atom stereocenters. The van der Waals surface area contributed by atoms with Crippen LogP contribution in [0.1, 0.15) is 30.6 Å². The van der Waals surface area contributed by atoms with Gasteiger partial charge in [0, 0.05) is 28.6 Å². The molecule has 1 rings (SSSR count). The molecule has 1 amide bonds. The zero-order valence-corrected chi connectivity index (χ0v) is 14.6. The Morgan fingerprint density at radius 2 is 2.11 bits per heavy atom. The first kappa shape index (κ1) is 16.7. The maximum atomic E-state index is 12.6. The Balaban J connectivity index is 3.00. The molecular formula is C14H19Br2NO2. The molecule has 0 aliphatic heterocycles. The van der Waals surface area contributed by atoms with Crippen molar-refractivity contribution < 1.29 is 9.53 Å². The molecule has 0 saturated heterocycles. The number of carbonyl (C=O) groups is 1. The van der Waals surface area contributed by atoms with Crippen LogP contribution in [0, 0.1) is 0 Å². The van der Waals surface area contributed by atoms with Crippen molar-refractivity contribution in [3.8, 4) is 0 Å².